The Hall–Kier alpha value is -0.560. The second-order valence-corrected chi connectivity index (χ2v) is 4.55. The predicted molar refractivity (Wildman–Crippen MR) is 62.3 cm³/mol. The minimum atomic E-state index is 0.641. The molecule has 0 saturated carbocycles. The maximum Gasteiger partial charge on any atom is 0.131 e. The highest BCUT2D eigenvalue weighted by molar-refractivity contribution is 14.1. The summed E-state index contributed by atoms with van der Waals surface area (Å²) in [5.74, 6) is 0.898. The molecule has 2 heterocycles. The molecule has 0 aromatic carbocycles. The Morgan fingerprint density at radius 3 is 2.79 bits per heavy atom. The predicted octanol–water partition coefficient (Wildman–Crippen LogP) is 1.92. The first-order valence-electron chi connectivity index (χ1n) is 4.01. The first kappa shape index (κ1) is 9.97. The van der Waals surface area contributed by atoms with Gasteiger partial charge < -0.3 is 4.57 Å². The normalized spacial score (nSPS) is 10.8. The van der Waals surface area contributed by atoms with Crippen molar-refractivity contribution in [2.75, 3.05) is 0 Å². The van der Waals surface area contributed by atoms with Crippen molar-refractivity contribution in [3.63, 3.8) is 0 Å². The molecular formula is C8H8ClIN4. The van der Waals surface area contributed by atoms with Gasteiger partial charge in [-0.1, -0.05) is 11.6 Å². The minimum Gasteiger partial charge on any atom is -0.321 e. The third-order valence-electron chi connectivity index (χ3n) is 1.93. The summed E-state index contributed by atoms with van der Waals surface area (Å²) in [6, 6.07) is 0. The molecule has 0 N–H and O–H groups in total. The Labute approximate surface area is 100 Å². The summed E-state index contributed by atoms with van der Waals surface area (Å²) in [6.07, 6.45) is 5.42. The Bertz CT molecular complexity index is 448. The monoisotopic (exact) mass is 322 g/mol. The van der Waals surface area contributed by atoms with E-state index < -0.39 is 0 Å². The zero-order chi connectivity index (χ0) is 10.1. The fourth-order valence-electron chi connectivity index (χ4n) is 1.14. The summed E-state index contributed by atoms with van der Waals surface area (Å²) < 4.78 is 4.79. The smallest absolute Gasteiger partial charge is 0.131 e. The van der Waals surface area contributed by atoms with Crippen LogP contribution in [0.3, 0.4) is 0 Å². The van der Waals surface area contributed by atoms with Crippen LogP contribution in [0.4, 0.5) is 0 Å². The molecule has 2 aromatic heterocycles. The van der Waals surface area contributed by atoms with Gasteiger partial charge in [0.05, 0.1) is 22.5 Å². The molecule has 0 bridgehead atoms. The fraction of sp³-hybridized carbons (Fsp3) is 0.250. The van der Waals surface area contributed by atoms with Gasteiger partial charge in [0.2, 0.25) is 0 Å². The van der Waals surface area contributed by atoms with Crippen LogP contribution in [0.25, 0.3) is 0 Å². The lowest BCUT2D eigenvalue weighted by molar-refractivity contribution is 0.632. The molecule has 0 atom stereocenters. The fourth-order valence-corrected chi connectivity index (χ4v) is 1.73. The van der Waals surface area contributed by atoms with Crippen molar-refractivity contribution < 1.29 is 0 Å². The van der Waals surface area contributed by atoms with Gasteiger partial charge in [-0.15, -0.1) is 0 Å². The maximum absolute atomic E-state index is 5.87. The highest BCUT2D eigenvalue weighted by Gasteiger charge is 2.05. The molecule has 6 heteroatoms. The SMILES string of the molecule is Cn1c(Cl)cnc1Cn1cc(I)cn1. The molecule has 0 spiro atoms. The van der Waals surface area contributed by atoms with Crippen molar-refractivity contribution in [2.45, 2.75) is 6.54 Å². The summed E-state index contributed by atoms with van der Waals surface area (Å²) in [4.78, 5) is 4.19. The highest BCUT2D eigenvalue weighted by Crippen LogP contribution is 2.10. The molecule has 0 saturated heterocycles. The number of imidazole rings is 1. The van der Waals surface area contributed by atoms with E-state index in [-0.39, 0.29) is 0 Å². The summed E-state index contributed by atoms with van der Waals surface area (Å²) >= 11 is 8.09. The van der Waals surface area contributed by atoms with Crippen LogP contribution in [-0.2, 0) is 13.6 Å². The second kappa shape index (κ2) is 3.90. The van der Waals surface area contributed by atoms with E-state index in [0.717, 1.165) is 9.39 Å². The number of rotatable bonds is 2. The Kier molecular flexibility index (Phi) is 2.78. The van der Waals surface area contributed by atoms with E-state index in [2.05, 4.69) is 32.7 Å². The highest BCUT2D eigenvalue weighted by atomic mass is 127. The number of aromatic nitrogens is 4. The van der Waals surface area contributed by atoms with Crippen LogP contribution < -0.4 is 0 Å². The van der Waals surface area contributed by atoms with Crippen LogP contribution in [-0.4, -0.2) is 19.3 Å². The average Bonchev–Trinajstić information content (AvgIpc) is 2.67. The molecule has 0 amide bonds. The second-order valence-electron chi connectivity index (χ2n) is 2.91. The van der Waals surface area contributed by atoms with E-state index >= 15 is 0 Å². The maximum atomic E-state index is 5.87. The molecule has 0 aliphatic heterocycles. The van der Waals surface area contributed by atoms with Gasteiger partial charge in [0.15, 0.2) is 0 Å². The Morgan fingerprint density at radius 1 is 1.50 bits per heavy atom. The number of halogens is 2. The topological polar surface area (TPSA) is 35.6 Å². The summed E-state index contributed by atoms with van der Waals surface area (Å²) in [5, 5.41) is 4.81. The molecule has 4 nitrogen and oxygen atoms in total. The molecule has 74 valence electrons. The molecule has 0 fully saturated rings. The van der Waals surface area contributed by atoms with Gasteiger partial charge in [-0.3, -0.25) is 4.68 Å². The van der Waals surface area contributed by atoms with Crippen molar-refractivity contribution in [3.05, 3.63) is 33.1 Å². The zero-order valence-electron chi connectivity index (χ0n) is 7.48. The summed E-state index contributed by atoms with van der Waals surface area (Å²) in [7, 11) is 1.89. The van der Waals surface area contributed by atoms with Crippen molar-refractivity contribution in [3.8, 4) is 0 Å². The molecule has 0 aliphatic carbocycles. The lowest BCUT2D eigenvalue weighted by Gasteiger charge is -2.01. The van der Waals surface area contributed by atoms with Crippen LogP contribution in [0.15, 0.2) is 18.6 Å². The van der Waals surface area contributed by atoms with Crippen molar-refractivity contribution in [1.29, 1.82) is 0 Å². The van der Waals surface area contributed by atoms with Crippen LogP contribution in [0.5, 0.6) is 0 Å². The first-order chi connectivity index (χ1) is 6.66. The molecular weight excluding hydrogens is 314 g/mol. The van der Waals surface area contributed by atoms with E-state index in [4.69, 9.17) is 11.6 Å². The van der Waals surface area contributed by atoms with Gasteiger partial charge in [0, 0.05) is 13.2 Å². The van der Waals surface area contributed by atoms with Gasteiger partial charge in [-0.2, -0.15) is 5.10 Å². The standard InChI is InChI=1S/C8H8ClIN4/c1-13-7(9)3-11-8(13)5-14-4-6(10)2-12-14/h2-4H,5H2,1H3. The van der Waals surface area contributed by atoms with E-state index in [0.29, 0.717) is 11.7 Å². The molecule has 14 heavy (non-hydrogen) atoms. The largest absolute Gasteiger partial charge is 0.321 e. The molecule has 2 rings (SSSR count). The molecule has 0 aliphatic rings. The number of nitrogens with zero attached hydrogens (tertiary/aromatic N) is 4. The van der Waals surface area contributed by atoms with Crippen LogP contribution in [0, 0.1) is 3.57 Å². The van der Waals surface area contributed by atoms with E-state index in [9.17, 15) is 0 Å². The average molecular weight is 323 g/mol. The number of hydrogen-bond acceptors (Lipinski definition) is 2. The summed E-state index contributed by atoms with van der Waals surface area (Å²) in [5.41, 5.74) is 0. The van der Waals surface area contributed by atoms with Gasteiger partial charge in [-0.25, -0.2) is 4.98 Å². The van der Waals surface area contributed by atoms with Gasteiger partial charge in [0.25, 0.3) is 0 Å². The third-order valence-corrected chi connectivity index (χ3v) is 2.84. The Morgan fingerprint density at radius 2 is 2.29 bits per heavy atom. The van der Waals surface area contributed by atoms with Gasteiger partial charge in [-0.05, 0) is 22.6 Å². The van der Waals surface area contributed by atoms with Crippen LogP contribution in [0.1, 0.15) is 5.82 Å². The van der Waals surface area contributed by atoms with E-state index in [1.54, 1.807) is 6.20 Å². The van der Waals surface area contributed by atoms with Gasteiger partial charge >= 0.3 is 0 Å². The lowest BCUT2D eigenvalue weighted by Crippen LogP contribution is -2.06. The lowest BCUT2D eigenvalue weighted by atomic mass is 10.6. The van der Waals surface area contributed by atoms with E-state index in [1.807, 2.05) is 28.7 Å². The van der Waals surface area contributed by atoms with Gasteiger partial charge in [0.1, 0.15) is 11.0 Å². The van der Waals surface area contributed by atoms with Crippen molar-refractivity contribution >= 4 is 34.2 Å². The summed E-state index contributed by atoms with van der Waals surface area (Å²) in [6.45, 7) is 0.645. The van der Waals surface area contributed by atoms with Crippen LogP contribution >= 0.6 is 34.2 Å². The Balaban J connectivity index is 2.22. The minimum absolute atomic E-state index is 0.641. The molecule has 0 radical (unpaired) electrons. The zero-order valence-corrected chi connectivity index (χ0v) is 10.4. The molecule has 2 aromatic rings. The quantitative estimate of drug-likeness (QED) is 0.792. The van der Waals surface area contributed by atoms with Crippen molar-refractivity contribution in [1.82, 2.24) is 19.3 Å². The van der Waals surface area contributed by atoms with Crippen molar-refractivity contribution in [2.24, 2.45) is 7.05 Å². The third kappa shape index (κ3) is 1.93. The number of hydrogen-bond donors (Lipinski definition) is 0. The van der Waals surface area contributed by atoms with E-state index in [1.165, 1.54) is 0 Å². The molecule has 0 unspecified atom stereocenters. The first-order valence-corrected chi connectivity index (χ1v) is 5.46. The van der Waals surface area contributed by atoms with Crippen LogP contribution in [0.2, 0.25) is 5.15 Å².